The summed E-state index contributed by atoms with van der Waals surface area (Å²) in [6.07, 6.45) is 3.02. The predicted octanol–water partition coefficient (Wildman–Crippen LogP) is 1.51. The van der Waals surface area contributed by atoms with Gasteiger partial charge in [0.15, 0.2) is 0 Å². The highest BCUT2D eigenvalue weighted by Gasteiger charge is 1.95. The fourth-order valence-corrected chi connectivity index (χ4v) is 1.13. The Morgan fingerprint density at radius 3 is 2.47 bits per heavy atom. The van der Waals surface area contributed by atoms with Gasteiger partial charge in [-0.25, -0.2) is 4.79 Å². The molecule has 0 amide bonds. The minimum atomic E-state index is -0.381. The van der Waals surface area contributed by atoms with Crippen LogP contribution in [0.4, 0.5) is 0 Å². The minimum Gasteiger partial charge on any atom is -0.466 e. The first kappa shape index (κ1) is 11.4. The lowest BCUT2D eigenvalue weighted by molar-refractivity contribution is -0.134. The average Bonchev–Trinajstić information content (AvgIpc) is 2.26. The molecule has 0 bridgehead atoms. The maximum atomic E-state index is 10.8. The summed E-state index contributed by atoms with van der Waals surface area (Å²) in [5.74, 6) is -0.381. The molecular formula is C11H11NO2S. The van der Waals surface area contributed by atoms with Crippen LogP contribution < -0.4 is 5.73 Å². The molecule has 0 aromatic heterocycles. The lowest BCUT2D eigenvalue weighted by Gasteiger charge is -1.98. The summed E-state index contributed by atoms with van der Waals surface area (Å²) in [7, 11) is 1.34. The highest BCUT2D eigenvalue weighted by atomic mass is 32.1. The molecule has 0 aliphatic carbocycles. The van der Waals surface area contributed by atoms with Gasteiger partial charge in [-0.05, 0) is 11.6 Å². The van der Waals surface area contributed by atoms with E-state index in [9.17, 15) is 4.79 Å². The van der Waals surface area contributed by atoms with Gasteiger partial charge in [-0.2, -0.15) is 0 Å². The smallest absolute Gasteiger partial charge is 0.330 e. The fraction of sp³-hybridized carbons (Fsp3) is 0.0909. The molecule has 2 N–H and O–H groups in total. The van der Waals surface area contributed by atoms with Crippen molar-refractivity contribution < 1.29 is 9.53 Å². The van der Waals surface area contributed by atoms with E-state index < -0.39 is 0 Å². The number of benzene rings is 1. The lowest BCUT2D eigenvalue weighted by atomic mass is 10.1. The van der Waals surface area contributed by atoms with E-state index in [0.29, 0.717) is 4.99 Å². The SMILES string of the molecule is COC(=O)C=Cc1ccc(C(N)=S)cc1. The number of hydrogen-bond acceptors (Lipinski definition) is 3. The van der Waals surface area contributed by atoms with Crippen LogP contribution >= 0.6 is 12.2 Å². The highest BCUT2D eigenvalue weighted by molar-refractivity contribution is 7.80. The number of thiocarbonyl (C=S) groups is 1. The Balaban J connectivity index is 2.77. The Morgan fingerprint density at radius 1 is 1.40 bits per heavy atom. The Kier molecular flexibility index (Phi) is 4.00. The minimum absolute atomic E-state index is 0.360. The van der Waals surface area contributed by atoms with Crippen molar-refractivity contribution in [2.45, 2.75) is 0 Å². The molecule has 0 aliphatic heterocycles. The lowest BCUT2D eigenvalue weighted by Crippen LogP contribution is -2.08. The summed E-state index contributed by atoms with van der Waals surface area (Å²) >= 11 is 4.82. The number of carbonyl (C=O) groups excluding carboxylic acids is 1. The normalized spacial score (nSPS) is 10.2. The Morgan fingerprint density at radius 2 is 2.00 bits per heavy atom. The third kappa shape index (κ3) is 3.52. The third-order valence-electron chi connectivity index (χ3n) is 1.81. The number of carbonyl (C=O) groups is 1. The molecule has 0 fully saturated rings. The standard InChI is InChI=1S/C11H11NO2S/c1-14-10(13)7-4-8-2-5-9(6-3-8)11(12)15/h2-7H,1H3,(H2,12,15). The van der Waals surface area contributed by atoms with Gasteiger partial charge in [0.25, 0.3) is 0 Å². The zero-order valence-corrected chi connectivity index (χ0v) is 9.08. The number of esters is 1. The summed E-state index contributed by atoms with van der Waals surface area (Å²) in [4.78, 5) is 11.2. The zero-order valence-electron chi connectivity index (χ0n) is 8.27. The molecule has 0 atom stereocenters. The van der Waals surface area contributed by atoms with Crippen molar-refractivity contribution in [1.29, 1.82) is 0 Å². The molecule has 0 unspecified atom stereocenters. The molecule has 0 saturated heterocycles. The average molecular weight is 221 g/mol. The molecule has 0 heterocycles. The van der Waals surface area contributed by atoms with Crippen LogP contribution in [0.3, 0.4) is 0 Å². The van der Waals surface area contributed by atoms with E-state index in [-0.39, 0.29) is 5.97 Å². The summed E-state index contributed by atoms with van der Waals surface area (Å²) < 4.78 is 4.47. The molecule has 0 aliphatic rings. The molecule has 1 rings (SSSR count). The van der Waals surface area contributed by atoms with Gasteiger partial charge >= 0.3 is 5.97 Å². The van der Waals surface area contributed by atoms with E-state index in [0.717, 1.165) is 11.1 Å². The maximum absolute atomic E-state index is 10.8. The molecule has 0 spiro atoms. The van der Waals surface area contributed by atoms with Gasteiger partial charge < -0.3 is 10.5 Å². The second kappa shape index (κ2) is 5.26. The second-order valence-corrected chi connectivity index (χ2v) is 3.28. The van der Waals surface area contributed by atoms with Crippen molar-refractivity contribution in [3.63, 3.8) is 0 Å². The van der Waals surface area contributed by atoms with Crippen LogP contribution in [0, 0.1) is 0 Å². The van der Waals surface area contributed by atoms with Crippen molar-refractivity contribution in [2.75, 3.05) is 7.11 Å². The summed E-state index contributed by atoms with van der Waals surface area (Å²) in [6.45, 7) is 0. The van der Waals surface area contributed by atoms with E-state index in [2.05, 4.69) is 4.74 Å². The fourth-order valence-electron chi connectivity index (χ4n) is 0.991. The molecule has 3 nitrogen and oxygen atoms in total. The maximum Gasteiger partial charge on any atom is 0.330 e. The van der Waals surface area contributed by atoms with Crippen LogP contribution in [0.5, 0.6) is 0 Å². The van der Waals surface area contributed by atoms with Crippen LogP contribution in [0.1, 0.15) is 11.1 Å². The summed E-state index contributed by atoms with van der Waals surface area (Å²) in [6, 6.07) is 7.26. The van der Waals surface area contributed by atoms with Crippen LogP contribution in [0.15, 0.2) is 30.3 Å². The van der Waals surface area contributed by atoms with Crippen LogP contribution in [0.25, 0.3) is 6.08 Å². The Hall–Kier alpha value is -1.68. The largest absolute Gasteiger partial charge is 0.466 e. The molecule has 4 heteroatoms. The van der Waals surface area contributed by atoms with Gasteiger partial charge in [-0.1, -0.05) is 36.5 Å². The number of ether oxygens (including phenoxy) is 1. The van der Waals surface area contributed by atoms with Crippen LogP contribution in [-0.4, -0.2) is 18.1 Å². The predicted molar refractivity (Wildman–Crippen MR) is 63.4 cm³/mol. The molecular weight excluding hydrogens is 210 g/mol. The number of hydrogen-bond donors (Lipinski definition) is 1. The molecule has 78 valence electrons. The number of nitrogens with two attached hydrogens (primary N) is 1. The second-order valence-electron chi connectivity index (χ2n) is 2.84. The molecule has 0 radical (unpaired) electrons. The Bertz CT molecular complexity index is 396. The van der Waals surface area contributed by atoms with Gasteiger partial charge in [0, 0.05) is 11.6 Å². The van der Waals surface area contributed by atoms with Crippen molar-refractivity contribution in [3.05, 3.63) is 41.5 Å². The first-order valence-corrected chi connectivity index (χ1v) is 4.70. The van der Waals surface area contributed by atoms with E-state index >= 15 is 0 Å². The molecule has 1 aromatic carbocycles. The van der Waals surface area contributed by atoms with Crippen LogP contribution in [-0.2, 0) is 9.53 Å². The topological polar surface area (TPSA) is 52.3 Å². The van der Waals surface area contributed by atoms with Crippen molar-refractivity contribution in [2.24, 2.45) is 5.73 Å². The first-order valence-electron chi connectivity index (χ1n) is 4.29. The number of methoxy groups -OCH3 is 1. The van der Waals surface area contributed by atoms with Crippen molar-refractivity contribution in [1.82, 2.24) is 0 Å². The summed E-state index contributed by atoms with van der Waals surface area (Å²) in [5.41, 5.74) is 7.14. The Labute approximate surface area is 93.5 Å². The molecule has 1 aromatic rings. The summed E-state index contributed by atoms with van der Waals surface area (Å²) in [5, 5.41) is 0. The van der Waals surface area contributed by atoms with Crippen LogP contribution in [0.2, 0.25) is 0 Å². The van der Waals surface area contributed by atoms with E-state index in [4.69, 9.17) is 18.0 Å². The monoisotopic (exact) mass is 221 g/mol. The first-order chi connectivity index (χ1) is 7.13. The van der Waals surface area contributed by atoms with Gasteiger partial charge in [0.05, 0.1) is 7.11 Å². The zero-order chi connectivity index (χ0) is 11.3. The van der Waals surface area contributed by atoms with Crippen molar-refractivity contribution in [3.8, 4) is 0 Å². The highest BCUT2D eigenvalue weighted by Crippen LogP contribution is 2.06. The molecule has 15 heavy (non-hydrogen) atoms. The van der Waals surface area contributed by atoms with Gasteiger partial charge in [0.1, 0.15) is 4.99 Å². The van der Waals surface area contributed by atoms with Gasteiger partial charge in [0.2, 0.25) is 0 Å². The van der Waals surface area contributed by atoms with E-state index in [1.807, 2.05) is 12.1 Å². The van der Waals surface area contributed by atoms with E-state index in [1.54, 1.807) is 18.2 Å². The number of rotatable bonds is 3. The third-order valence-corrected chi connectivity index (χ3v) is 2.04. The van der Waals surface area contributed by atoms with Gasteiger partial charge in [-0.15, -0.1) is 0 Å². The van der Waals surface area contributed by atoms with Crippen molar-refractivity contribution >= 4 is 29.3 Å². The van der Waals surface area contributed by atoms with E-state index in [1.165, 1.54) is 13.2 Å². The quantitative estimate of drug-likeness (QED) is 0.477. The van der Waals surface area contributed by atoms with Gasteiger partial charge in [-0.3, -0.25) is 0 Å². The molecule has 0 saturated carbocycles.